The lowest BCUT2D eigenvalue weighted by Gasteiger charge is -2.30. The van der Waals surface area contributed by atoms with Gasteiger partial charge in [-0.1, -0.05) is 87.7 Å². The maximum absolute atomic E-state index is 3.95. The second-order valence-corrected chi connectivity index (χ2v) is 9.81. The lowest BCUT2D eigenvalue weighted by atomic mass is 9.76. The van der Waals surface area contributed by atoms with Crippen molar-refractivity contribution in [1.82, 2.24) is 0 Å². The van der Waals surface area contributed by atoms with Crippen molar-refractivity contribution in [3.63, 3.8) is 0 Å². The third kappa shape index (κ3) is 2.10. The van der Waals surface area contributed by atoms with E-state index >= 15 is 0 Å². The average Bonchev–Trinajstić information content (AvgIpc) is 2.84. The van der Waals surface area contributed by atoms with E-state index in [0.717, 1.165) is 19.3 Å². The zero-order valence-corrected chi connectivity index (χ0v) is 17.7. The lowest BCUT2D eigenvalue weighted by molar-refractivity contribution is 0.602. The van der Waals surface area contributed by atoms with E-state index in [4.69, 9.17) is 0 Å². The fraction of sp³-hybridized carbons (Fsp3) is 0.304. The Kier molecular flexibility index (Phi) is 3.50. The van der Waals surface area contributed by atoms with E-state index < -0.39 is 0 Å². The minimum absolute atomic E-state index is 0.0764. The first-order valence-corrected chi connectivity index (χ1v) is 10.7. The molecule has 1 unspecified atom stereocenters. The molecule has 0 N–H and O–H groups in total. The fourth-order valence-corrected chi connectivity index (χ4v) is 6.27. The van der Waals surface area contributed by atoms with Crippen LogP contribution in [0.15, 0.2) is 46.5 Å². The molecule has 0 bridgehead atoms. The van der Waals surface area contributed by atoms with Crippen LogP contribution < -0.4 is 0 Å². The number of fused-ring (bicyclic) bond motifs is 6. The predicted octanol–water partition coefficient (Wildman–Crippen LogP) is 7.34. The van der Waals surface area contributed by atoms with Crippen LogP contribution in [0.1, 0.15) is 64.9 Å². The number of hydrogen-bond donors (Lipinski definition) is 0. The summed E-state index contributed by atoms with van der Waals surface area (Å²) in [6, 6.07) is 11.3. The lowest BCUT2D eigenvalue weighted by Crippen LogP contribution is -2.20. The molecule has 0 spiro atoms. The molecule has 0 saturated carbocycles. The van der Waals surface area contributed by atoms with Crippen molar-refractivity contribution < 1.29 is 0 Å². The number of benzene rings is 2. The van der Waals surface area contributed by atoms with E-state index in [0.29, 0.717) is 4.83 Å². The molecule has 5 rings (SSSR count). The van der Waals surface area contributed by atoms with E-state index in [2.05, 4.69) is 88.2 Å². The SMILES string of the molecule is CC1(C)C2=C(c3ccccc3C(Br)C2)c2c1cc(Br)c1c2C=CCC1. The van der Waals surface area contributed by atoms with Gasteiger partial charge in [-0.05, 0) is 64.3 Å². The molecular formula is C23H20Br2. The fourth-order valence-electron chi connectivity index (χ4n) is 4.91. The number of hydrogen-bond acceptors (Lipinski definition) is 0. The molecule has 0 nitrogen and oxygen atoms in total. The minimum Gasteiger partial charge on any atom is -0.0836 e. The number of allylic oxidation sites excluding steroid dienone is 2. The van der Waals surface area contributed by atoms with Crippen LogP contribution in [-0.4, -0.2) is 0 Å². The summed E-state index contributed by atoms with van der Waals surface area (Å²) in [4.78, 5) is 0.408. The van der Waals surface area contributed by atoms with Crippen molar-refractivity contribution in [2.24, 2.45) is 0 Å². The first kappa shape index (κ1) is 16.1. The molecule has 25 heavy (non-hydrogen) atoms. The maximum atomic E-state index is 3.95. The van der Waals surface area contributed by atoms with Gasteiger partial charge in [0.05, 0.1) is 0 Å². The Hall–Kier alpha value is -1.12. The highest BCUT2D eigenvalue weighted by atomic mass is 79.9. The van der Waals surface area contributed by atoms with Gasteiger partial charge in [0, 0.05) is 14.7 Å². The molecule has 0 heterocycles. The average molecular weight is 456 g/mol. The zero-order chi connectivity index (χ0) is 17.3. The van der Waals surface area contributed by atoms with Crippen molar-refractivity contribution in [3.05, 3.63) is 79.8 Å². The molecule has 0 amide bonds. The maximum Gasteiger partial charge on any atom is 0.0439 e. The Morgan fingerprint density at radius 1 is 1.16 bits per heavy atom. The molecule has 1 atom stereocenters. The van der Waals surface area contributed by atoms with Gasteiger partial charge in [0.1, 0.15) is 0 Å². The monoisotopic (exact) mass is 454 g/mol. The molecule has 3 aliphatic carbocycles. The molecule has 3 aliphatic rings. The van der Waals surface area contributed by atoms with Gasteiger partial charge in [-0.2, -0.15) is 0 Å². The summed E-state index contributed by atoms with van der Waals surface area (Å²) in [7, 11) is 0. The molecule has 0 saturated heterocycles. The van der Waals surface area contributed by atoms with Gasteiger partial charge in [0.15, 0.2) is 0 Å². The minimum atomic E-state index is 0.0764. The first-order valence-electron chi connectivity index (χ1n) is 9.00. The summed E-state index contributed by atoms with van der Waals surface area (Å²) in [6.45, 7) is 4.79. The van der Waals surface area contributed by atoms with Crippen LogP contribution in [0.5, 0.6) is 0 Å². The van der Waals surface area contributed by atoms with Crippen LogP contribution in [0.2, 0.25) is 0 Å². The second-order valence-electron chi connectivity index (χ2n) is 7.85. The van der Waals surface area contributed by atoms with Gasteiger partial charge in [-0.25, -0.2) is 0 Å². The smallest absolute Gasteiger partial charge is 0.0439 e. The van der Waals surface area contributed by atoms with E-state index in [1.807, 2.05) is 0 Å². The Labute approximate surface area is 166 Å². The Morgan fingerprint density at radius 3 is 2.80 bits per heavy atom. The van der Waals surface area contributed by atoms with Crippen LogP contribution in [-0.2, 0) is 11.8 Å². The Balaban J connectivity index is 1.90. The van der Waals surface area contributed by atoms with Gasteiger partial charge in [0.25, 0.3) is 0 Å². The third-order valence-electron chi connectivity index (χ3n) is 6.20. The van der Waals surface area contributed by atoms with Crippen molar-refractivity contribution >= 4 is 43.5 Å². The summed E-state index contributed by atoms with van der Waals surface area (Å²) in [5.41, 5.74) is 11.9. The van der Waals surface area contributed by atoms with Gasteiger partial charge >= 0.3 is 0 Å². The van der Waals surface area contributed by atoms with Crippen LogP contribution in [0.25, 0.3) is 11.6 Å². The van der Waals surface area contributed by atoms with Crippen molar-refractivity contribution in [2.75, 3.05) is 0 Å². The summed E-state index contributed by atoms with van der Waals surface area (Å²) in [6.07, 6.45) is 8.05. The Bertz CT molecular complexity index is 976. The molecular weight excluding hydrogens is 436 g/mol. The zero-order valence-electron chi connectivity index (χ0n) is 14.5. The molecule has 0 aromatic heterocycles. The van der Waals surface area contributed by atoms with Crippen molar-refractivity contribution in [3.8, 4) is 0 Å². The summed E-state index contributed by atoms with van der Waals surface area (Å²) >= 11 is 7.82. The number of rotatable bonds is 0. The molecule has 0 aliphatic heterocycles. The normalized spacial score (nSPS) is 22.3. The largest absolute Gasteiger partial charge is 0.0836 e. The highest BCUT2D eigenvalue weighted by molar-refractivity contribution is 9.10. The number of alkyl halides is 1. The van der Waals surface area contributed by atoms with E-state index in [-0.39, 0.29) is 5.41 Å². The Morgan fingerprint density at radius 2 is 1.96 bits per heavy atom. The first-order chi connectivity index (χ1) is 12.0. The predicted molar refractivity (Wildman–Crippen MR) is 113 cm³/mol. The highest BCUT2D eigenvalue weighted by Crippen LogP contribution is 2.58. The van der Waals surface area contributed by atoms with Gasteiger partial charge < -0.3 is 0 Å². The molecule has 2 heteroatoms. The van der Waals surface area contributed by atoms with E-state index in [9.17, 15) is 0 Å². The van der Waals surface area contributed by atoms with Gasteiger partial charge in [-0.15, -0.1) is 0 Å². The molecule has 2 aromatic rings. The van der Waals surface area contributed by atoms with Crippen LogP contribution in [0.3, 0.4) is 0 Å². The van der Waals surface area contributed by atoms with E-state index in [1.165, 1.54) is 43.4 Å². The van der Waals surface area contributed by atoms with Crippen LogP contribution in [0, 0.1) is 0 Å². The quantitative estimate of drug-likeness (QED) is 0.364. The van der Waals surface area contributed by atoms with Gasteiger partial charge in [-0.3, -0.25) is 0 Å². The van der Waals surface area contributed by atoms with Crippen LogP contribution >= 0.6 is 31.9 Å². The molecule has 126 valence electrons. The van der Waals surface area contributed by atoms with Gasteiger partial charge in [0.2, 0.25) is 0 Å². The number of halogens is 2. The molecule has 2 aromatic carbocycles. The summed E-state index contributed by atoms with van der Waals surface area (Å²) in [5, 5.41) is 0. The molecule has 0 fully saturated rings. The highest BCUT2D eigenvalue weighted by Gasteiger charge is 2.43. The third-order valence-corrected chi connectivity index (χ3v) is 7.72. The van der Waals surface area contributed by atoms with Crippen molar-refractivity contribution in [2.45, 2.75) is 43.4 Å². The topological polar surface area (TPSA) is 0 Å². The van der Waals surface area contributed by atoms with Crippen LogP contribution in [0.4, 0.5) is 0 Å². The molecule has 0 radical (unpaired) electrons. The second kappa shape index (κ2) is 5.44. The van der Waals surface area contributed by atoms with E-state index in [1.54, 1.807) is 5.57 Å². The van der Waals surface area contributed by atoms with Crippen molar-refractivity contribution in [1.29, 1.82) is 0 Å². The summed E-state index contributed by atoms with van der Waals surface area (Å²) in [5.74, 6) is 0. The summed E-state index contributed by atoms with van der Waals surface area (Å²) < 4.78 is 1.28. The standard InChI is InChI=1S/C23H20Br2/c1-23(2)17-11-19(24)13-7-3-5-9-15(13)21(17)22-16-10-6-4-8-14(16)20(25)12-18(22)23/h3,5-7,9-10,12,19H,4,8,11H2,1-2H3.